The summed E-state index contributed by atoms with van der Waals surface area (Å²) in [6.07, 6.45) is -0.298. The highest BCUT2D eigenvalue weighted by molar-refractivity contribution is 5.95. The third-order valence-corrected chi connectivity index (χ3v) is 8.36. The summed E-state index contributed by atoms with van der Waals surface area (Å²) in [6, 6.07) is 43.6. The van der Waals surface area contributed by atoms with Gasteiger partial charge >= 0.3 is 11.9 Å². The number of ether oxygens (including phenoxy) is 2. The summed E-state index contributed by atoms with van der Waals surface area (Å²) < 4.78 is 17.4. The van der Waals surface area contributed by atoms with Crippen molar-refractivity contribution in [3.63, 3.8) is 0 Å². The maximum atomic E-state index is 13.3. The first-order valence-electron chi connectivity index (χ1n) is 17.1. The van der Waals surface area contributed by atoms with Crippen molar-refractivity contribution in [1.29, 1.82) is 0 Å². The summed E-state index contributed by atoms with van der Waals surface area (Å²) in [5, 5.41) is 5.88. The van der Waals surface area contributed by atoms with Gasteiger partial charge in [0.2, 0.25) is 5.89 Å². The topological polar surface area (TPSA) is 137 Å². The van der Waals surface area contributed by atoms with Crippen LogP contribution < -0.4 is 10.6 Å². The number of benzene rings is 5. The second kappa shape index (κ2) is 17.9. The Bertz CT molecular complexity index is 1970. The number of amides is 2. The summed E-state index contributed by atoms with van der Waals surface area (Å²) in [5.41, 5.74) is 3.35. The molecule has 53 heavy (non-hydrogen) atoms. The smallest absolute Gasteiger partial charge is 0.308 e. The van der Waals surface area contributed by atoms with Gasteiger partial charge in [-0.25, -0.2) is 4.98 Å². The van der Waals surface area contributed by atoms with Gasteiger partial charge in [-0.15, -0.1) is 0 Å². The maximum absolute atomic E-state index is 13.3. The van der Waals surface area contributed by atoms with E-state index in [1.54, 1.807) is 48.5 Å². The van der Waals surface area contributed by atoms with E-state index in [1.807, 2.05) is 103 Å². The standard InChI is InChI=1S/C43H37N3O7/c47-39(26-35(30-16-6-1-7-17-30)44-41(49)32-20-10-3-11-21-32)51-28-37-38(53-43(46-37)34-24-14-5-15-25-34)29-52-40(48)27-36(31-18-8-2-9-19-31)45-42(50)33-22-12-4-13-23-33/h1-25,35-36H,26-29H2,(H,44,49)(H,45,50)/t35-,36-/m0/s1. The zero-order valence-corrected chi connectivity index (χ0v) is 28.7. The van der Waals surface area contributed by atoms with E-state index >= 15 is 0 Å². The predicted molar refractivity (Wildman–Crippen MR) is 197 cm³/mol. The Morgan fingerprint density at radius 3 is 1.38 bits per heavy atom. The Balaban J connectivity index is 1.14. The maximum Gasteiger partial charge on any atom is 0.308 e. The molecule has 0 saturated carbocycles. The molecule has 10 nitrogen and oxygen atoms in total. The molecular weight excluding hydrogens is 670 g/mol. The molecule has 6 rings (SSSR count). The fraction of sp³-hybridized carbons (Fsp3) is 0.140. The van der Waals surface area contributed by atoms with Crippen LogP contribution in [0.15, 0.2) is 156 Å². The van der Waals surface area contributed by atoms with Crippen molar-refractivity contribution in [3.8, 4) is 11.5 Å². The van der Waals surface area contributed by atoms with E-state index in [4.69, 9.17) is 13.9 Å². The van der Waals surface area contributed by atoms with Gasteiger partial charge in [-0.2, -0.15) is 0 Å². The number of carbonyl (C=O) groups excluding carboxylic acids is 4. The number of hydrogen-bond donors (Lipinski definition) is 2. The average Bonchev–Trinajstić information content (AvgIpc) is 3.63. The number of esters is 2. The van der Waals surface area contributed by atoms with Gasteiger partial charge in [0, 0.05) is 16.7 Å². The number of carbonyl (C=O) groups is 4. The molecule has 0 saturated heterocycles. The monoisotopic (exact) mass is 707 g/mol. The van der Waals surface area contributed by atoms with Crippen LogP contribution in [0.25, 0.3) is 11.5 Å². The van der Waals surface area contributed by atoms with Crippen molar-refractivity contribution < 1.29 is 33.1 Å². The Kier molecular flexibility index (Phi) is 12.2. The molecule has 0 bridgehead atoms. The van der Waals surface area contributed by atoms with Gasteiger partial charge in [-0.05, 0) is 47.5 Å². The molecule has 266 valence electrons. The SMILES string of the molecule is O=C(C[C@H](NC(=O)c1ccccc1)c1ccccc1)OCc1nc(-c2ccccc2)oc1COC(=O)C[C@H](NC(=O)c1ccccc1)c1ccccc1. The first-order valence-corrected chi connectivity index (χ1v) is 17.1. The van der Waals surface area contributed by atoms with Crippen molar-refractivity contribution >= 4 is 23.8 Å². The molecule has 2 amide bonds. The molecule has 2 atom stereocenters. The Morgan fingerprint density at radius 2 is 0.925 bits per heavy atom. The van der Waals surface area contributed by atoms with Gasteiger partial charge < -0.3 is 24.5 Å². The van der Waals surface area contributed by atoms with Crippen LogP contribution in [0, 0.1) is 0 Å². The summed E-state index contributed by atoms with van der Waals surface area (Å²) in [7, 11) is 0. The highest BCUT2D eigenvalue weighted by Gasteiger charge is 2.24. The number of oxazole rings is 1. The Hall–Kier alpha value is -6.81. The van der Waals surface area contributed by atoms with Crippen molar-refractivity contribution in [1.82, 2.24) is 15.6 Å². The number of nitrogens with one attached hydrogen (secondary N) is 2. The second-order valence-electron chi connectivity index (χ2n) is 12.1. The summed E-state index contributed by atoms with van der Waals surface area (Å²) in [5.74, 6) is -1.36. The lowest BCUT2D eigenvalue weighted by molar-refractivity contribution is -0.147. The molecular formula is C43H37N3O7. The van der Waals surface area contributed by atoms with Crippen molar-refractivity contribution in [2.24, 2.45) is 0 Å². The Morgan fingerprint density at radius 1 is 0.528 bits per heavy atom. The molecule has 0 aliphatic heterocycles. The minimum atomic E-state index is -0.661. The molecule has 0 aliphatic carbocycles. The van der Waals surface area contributed by atoms with Crippen LogP contribution in [-0.4, -0.2) is 28.7 Å². The molecule has 2 N–H and O–H groups in total. The van der Waals surface area contributed by atoms with E-state index in [0.29, 0.717) is 16.7 Å². The molecule has 6 aromatic rings. The lowest BCUT2D eigenvalue weighted by atomic mass is 10.0. The van der Waals surface area contributed by atoms with Crippen LogP contribution in [0.3, 0.4) is 0 Å². The van der Waals surface area contributed by atoms with Crippen LogP contribution >= 0.6 is 0 Å². The normalized spacial score (nSPS) is 11.8. The minimum absolute atomic E-state index is 0.147. The van der Waals surface area contributed by atoms with Crippen LogP contribution in [-0.2, 0) is 32.3 Å². The van der Waals surface area contributed by atoms with Gasteiger partial charge in [0.15, 0.2) is 12.4 Å². The van der Waals surface area contributed by atoms with E-state index in [9.17, 15) is 19.2 Å². The number of hydrogen-bond acceptors (Lipinski definition) is 8. The van der Waals surface area contributed by atoms with E-state index in [0.717, 1.165) is 11.1 Å². The molecule has 0 radical (unpaired) electrons. The lowest BCUT2D eigenvalue weighted by Crippen LogP contribution is -2.30. The fourth-order valence-electron chi connectivity index (χ4n) is 5.60. The van der Waals surface area contributed by atoms with Crippen LogP contribution in [0.1, 0.15) is 68.2 Å². The largest absolute Gasteiger partial charge is 0.459 e. The third-order valence-electron chi connectivity index (χ3n) is 8.36. The summed E-state index contributed by atoms with van der Waals surface area (Å²) in [6.45, 7) is -0.560. The predicted octanol–water partition coefficient (Wildman–Crippen LogP) is 7.55. The van der Waals surface area contributed by atoms with Crippen molar-refractivity contribution in [3.05, 3.63) is 185 Å². The van der Waals surface area contributed by atoms with E-state index in [1.165, 1.54) is 0 Å². The van der Waals surface area contributed by atoms with E-state index in [2.05, 4.69) is 15.6 Å². The number of aromatic nitrogens is 1. The number of rotatable bonds is 15. The second-order valence-corrected chi connectivity index (χ2v) is 12.1. The quantitative estimate of drug-likeness (QED) is 0.104. The van der Waals surface area contributed by atoms with Crippen molar-refractivity contribution in [2.45, 2.75) is 38.1 Å². The zero-order valence-electron chi connectivity index (χ0n) is 28.7. The average molecular weight is 708 g/mol. The lowest BCUT2D eigenvalue weighted by Gasteiger charge is -2.19. The van der Waals surface area contributed by atoms with Crippen LogP contribution in [0.4, 0.5) is 0 Å². The molecule has 10 heteroatoms. The highest BCUT2D eigenvalue weighted by Crippen LogP contribution is 2.25. The third kappa shape index (κ3) is 10.1. The van der Waals surface area contributed by atoms with E-state index < -0.39 is 24.0 Å². The van der Waals surface area contributed by atoms with Crippen LogP contribution in [0.2, 0.25) is 0 Å². The molecule has 0 aliphatic rings. The van der Waals surface area contributed by atoms with Crippen molar-refractivity contribution in [2.75, 3.05) is 0 Å². The summed E-state index contributed by atoms with van der Waals surface area (Å²) in [4.78, 5) is 57.1. The van der Waals surface area contributed by atoms with Gasteiger partial charge in [0.25, 0.3) is 11.8 Å². The van der Waals surface area contributed by atoms with Gasteiger partial charge in [-0.1, -0.05) is 115 Å². The molecule has 1 heterocycles. The summed E-state index contributed by atoms with van der Waals surface area (Å²) >= 11 is 0. The Labute approximate surface area is 306 Å². The van der Waals surface area contributed by atoms with Gasteiger partial charge in [-0.3, -0.25) is 19.2 Å². The van der Waals surface area contributed by atoms with E-state index in [-0.39, 0.29) is 55.2 Å². The molecule has 0 fully saturated rings. The first kappa shape index (κ1) is 36.0. The fourth-order valence-corrected chi connectivity index (χ4v) is 5.60. The molecule has 1 aromatic heterocycles. The highest BCUT2D eigenvalue weighted by atomic mass is 16.5. The van der Waals surface area contributed by atoms with Gasteiger partial charge in [0.1, 0.15) is 12.3 Å². The molecule has 0 unspecified atom stereocenters. The molecule has 0 spiro atoms. The van der Waals surface area contributed by atoms with Gasteiger partial charge in [0.05, 0.1) is 24.9 Å². The zero-order chi connectivity index (χ0) is 36.8. The molecule has 5 aromatic carbocycles. The number of nitrogens with zero attached hydrogens (tertiary/aromatic N) is 1. The first-order chi connectivity index (χ1) is 25.9. The van der Waals surface area contributed by atoms with Crippen LogP contribution in [0.5, 0.6) is 0 Å². The minimum Gasteiger partial charge on any atom is -0.459 e.